The van der Waals surface area contributed by atoms with E-state index in [0.717, 1.165) is 32.3 Å². The van der Waals surface area contributed by atoms with Crippen molar-refractivity contribution in [2.24, 2.45) is 0 Å². The Balaban J connectivity index is 1.65. The molecule has 142 valence electrons. The van der Waals surface area contributed by atoms with Gasteiger partial charge in [-0.2, -0.15) is 0 Å². The predicted molar refractivity (Wildman–Crippen MR) is 118 cm³/mol. The van der Waals surface area contributed by atoms with Gasteiger partial charge in [-0.25, -0.2) is 4.98 Å². The Morgan fingerprint density at radius 3 is 2.66 bits per heavy atom. The maximum absolute atomic E-state index is 13.7. The number of para-hydroxylation sites is 1. The zero-order chi connectivity index (χ0) is 19.8. The molecule has 5 rings (SSSR count). The zero-order valence-corrected chi connectivity index (χ0v) is 16.6. The van der Waals surface area contributed by atoms with E-state index >= 15 is 0 Å². The molecule has 0 spiro atoms. The summed E-state index contributed by atoms with van der Waals surface area (Å²) in [6.45, 7) is 2.36. The van der Waals surface area contributed by atoms with Crippen LogP contribution in [0, 0.1) is 6.92 Å². The van der Waals surface area contributed by atoms with Gasteiger partial charge in [-0.15, -0.1) is 0 Å². The molecule has 5 aromatic rings. The first-order valence-corrected chi connectivity index (χ1v) is 10.2. The third-order valence-electron chi connectivity index (χ3n) is 5.00. The summed E-state index contributed by atoms with van der Waals surface area (Å²) in [6.07, 6.45) is 1.62. The van der Waals surface area contributed by atoms with E-state index in [1.807, 2.05) is 79.7 Å². The van der Waals surface area contributed by atoms with E-state index in [-0.39, 0.29) is 5.91 Å². The molecule has 29 heavy (non-hydrogen) atoms. The van der Waals surface area contributed by atoms with Crippen LogP contribution in [0.15, 0.2) is 83.5 Å². The van der Waals surface area contributed by atoms with Crippen LogP contribution in [0.4, 0.5) is 5.13 Å². The monoisotopic (exact) mass is 398 g/mol. The van der Waals surface area contributed by atoms with Crippen molar-refractivity contribution in [3.63, 3.8) is 0 Å². The van der Waals surface area contributed by atoms with Gasteiger partial charge in [0, 0.05) is 5.56 Å². The average molecular weight is 398 g/mol. The first-order valence-electron chi connectivity index (χ1n) is 9.39. The molecule has 0 aliphatic carbocycles. The van der Waals surface area contributed by atoms with Gasteiger partial charge in [0.25, 0.3) is 5.91 Å². The lowest BCUT2D eigenvalue weighted by atomic mass is 10.0. The van der Waals surface area contributed by atoms with Crippen LogP contribution in [0.5, 0.6) is 0 Å². The van der Waals surface area contributed by atoms with Crippen LogP contribution in [0.3, 0.4) is 0 Å². The number of thiazole rings is 1. The molecule has 5 heteroatoms. The molecule has 3 aromatic carbocycles. The van der Waals surface area contributed by atoms with Crippen LogP contribution < -0.4 is 4.90 Å². The lowest BCUT2D eigenvalue weighted by Crippen LogP contribution is -2.30. The number of fused-ring (bicyclic) bond motifs is 2. The lowest BCUT2D eigenvalue weighted by molar-refractivity contribution is 0.0985. The summed E-state index contributed by atoms with van der Waals surface area (Å²) in [5.41, 5.74) is 2.69. The van der Waals surface area contributed by atoms with Gasteiger partial charge in [0.2, 0.25) is 0 Å². The molecule has 0 radical (unpaired) electrons. The Hall–Kier alpha value is -3.44. The Labute approximate surface area is 172 Å². The fourth-order valence-electron chi connectivity index (χ4n) is 3.53. The van der Waals surface area contributed by atoms with E-state index < -0.39 is 0 Å². The van der Waals surface area contributed by atoms with E-state index in [2.05, 4.69) is 0 Å². The van der Waals surface area contributed by atoms with Gasteiger partial charge in [0.15, 0.2) is 5.13 Å². The second-order valence-electron chi connectivity index (χ2n) is 6.92. The van der Waals surface area contributed by atoms with Crippen molar-refractivity contribution < 1.29 is 9.21 Å². The molecular weight excluding hydrogens is 380 g/mol. The normalized spacial score (nSPS) is 11.2. The Bertz CT molecular complexity index is 1320. The largest absolute Gasteiger partial charge is 0.467 e. The number of carbonyl (C=O) groups excluding carboxylic acids is 1. The number of aryl methyl sites for hydroxylation is 1. The highest BCUT2D eigenvalue weighted by atomic mass is 32.1. The number of anilines is 1. The standard InChI is InChI=1S/C24H18N2O2S/c1-16-7-4-13-21-22(16)25-24(29-21)26(15-18-10-6-14-28-18)23(27)20-12-5-9-17-8-2-3-11-19(17)20/h2-14H,15H2,1H3. The summed E-state index contributed by atoms with van der Waals surface area (Å²) in [4.78, 5) is 20.2. The Morgan fingerprint density at radius 1 is 1.00 bits per heavy atom. The zero-order valence-electron chi connectivity index (χ0n) is 15.8. The molecule has 2 aromatic heterocycles. The van der Waals surface area contributed by atoms with Crippen molar-refractivity contribution in [3.8, 4) is 0 Å². The third kappa shape index (κ3) is 3.19. The quantitative estimate of drug-likeness (QED) is 0.362. The fourth-order valence-corrected chi connectivity index (χ4v) is 4.57. The van der Waals surface area contributed by atoms with Crippen LogP contribution in [-0.2, 0) is 6.54 Å². The van der Waals surface area contributed by atoms with E-state index in [4.69, 9.17) is 9.40 Å². The highest BCUT2D eigenvalue weighted by Gasteiger charge is 2.24. The fraction of sp³-hybridized carbons (Fsp3) is 0.0833. The highest BCUT2D eigenvalue weighted by Crippen LogP contribution is 2.33. The van der Waals surface area contributed by atoms with Gasteiger partial charge in [0.05, 0.1) is 23.0 Å². The van der Waals surface area contributed by atoms with E-state index in [0.29, 0.717) is 17.2 Å². The van der Waals surface area contributed by atoms with Gasteiger partial charge in [-0.05, 0) is 47.5 Å². The van der Waals surface area contributed by atoms with Crippen molar-refractivity contribution >= 4 is 43.4 Å². The minimum atomic E-state index is -0.0880. The number of aromatic nitrogens is 1. The van der Waals surface area contributed by atoms with E-state index in [1.165, 1.54) is 11.3 Å². The minimum absolute atomic E-state index is 0.0880. The molecule has 4 nitrogen and oxygen atoms in total. The van der Waals surface area contributed by atoms with Gasteiger partial charge in [-0.1, -0.05) is 59.9 Å². The molecule has 0 aliphatic heterocycles. The second kappa shape index (κ2) is 7.18. The third-order valence-corrected chi connectivity index (χ3v) is 6.04. The molecule has 0 saturated carbocycles. The van der Waals surface area contributed by atoms with Gasteiger partial charge in [0.1, 0.15) is 5.76 Å². The summed E-state index contributed by atoms with van der Waals surface area (Å²) in [6, 6.07) is 23.5. The predicted octanol–water partition coefficient (Wildman–Crippen LogP) is 6.20. The molecule has 0 unspecified atom stereocenters. The number of furan rings is 1. The number of amides is 1. The molecule has 2 heterocycles. The van der Waals surface area contributed by atoms with Crippen molar-refractivity contribution in [1.82, 2.24) is 4.98 Å². The first kappa shape index (κ1) is 17.6. The van der Waals surface area contributed by atoms with Crippen LogP contribution in [0.1, 0.15) is 21.7 Å². The summed E-state index contributed by atoms with van der Waals surface area (Å²) in [7, 11) is 0. The summed E-state index contributed by atoms with van der Waals surface area (Å²) >= 11 is 1.52. The van der Waals surface area contributed by atoms with Crippen molar-refractivity contribution in [3.05, 3.63) is 95.9 Å². The topological polar surface area (TPSA) is 46.3 Å². The maximum Gasteiger partial charge on any atom is 0.261 e. The van der Waals surface area contributed by atoms with Gasteiger partial charge < -0.3 is 4.42 Å². The smallest absolute Gasteiger partial charge is 0.261 e. The number of hydrogen-bond acceptors (Lipinski definition) is 4. The number of hydrogen-bond donors (Lipinski definition) is 0. The Morgan fingerprint density at radius 2 is 1.83 bits per heavy atom. The van der Waals surface area contributed by atoms with Crippen molar-refractivity contribution in [1.29, 1.82) is 0 Å². The molecule has 1 amide bonds. The van der Waals surface area contributed by atoms with E-state index in [9.17, 15) is 4.79 Å². The number of rotatable bonds is 4. The summed E-state index contributed by atoms with van der Waals surface area (Å²) in [5.74, 6) is 0.629. The van der Waals surface area contributed by atoms with Crippen molar-refractivity contribution in [2.75, 3.05) is 4.90 Å². The molecule has 0 bridgehead atoms. The average Bonchev–Trinajstić information content (AvgIpc) is 3.41. The SMILES string of the molecule is Cc1cccc2sc(N(Cc3ccco3)C(=O)c3cccc4ccccc34)nc12. The Kier molecular flexibility index (Phi) is 4.37. The van der Waals surface area contributed by atoms with Crippen LogP contribution in [0.25, 0.3) is 21.0 Å². The molecule has 0 N–H and O–H groups in total. The number of benzene rings is 3. The first-order chi connectivity index (χ1) is 14.2. The second-order valence-corrected chi connectivity index (χ2v) is 7.92. The van der Waals surface area contributed by atoms with Crippen molar-refractivity contribution in [2.45, 2.75) is 13.5 Å². The number of nitrogens with zero attached hydrogens (tertiary/aromatic N) is 2. The molecule has 0 atom stereocenters. The van der Waals surface area contributed by atoms with Gasteiger partial charge in [-0.3, -0.25) is 9.69 Å². The molecule has 0 fully saturated rings. The van der Waals surface area contributed by atoms with Crippen LogP contribution in [-0.4, -0.2) is 10.9 Å². The molecule has 0 aliphatic rings. The molecule has 0 saturated heterocycles. The summed E-state index contributed by atoms with van der Waals surface area (Å²) in [5, 5.41) is 2.64. The molecular formula is C24H18N2O2S. The van der Waals surface area contributed by atoms with E-state index in [1.54, 1.807) is 11.2 Å². The minimum Gasteiger partial charge on any atom is -0.467 e. The maximum atomic E-state index is 13.7. The van der Waals surface area contributed by atoms with Gasteiger partial charge >= 0.3 is 0 Å². The highest BCUT2D eigenvalue weighted by molar-refractivity contribution is 7.22. The summed E-state index contributed by atoms with van der Waals surface area (Å²) < 4.78 is 6.60. The van der Waals surface area contributed by atoms with Crippen LogP contribution in [0.2, 0.25) is 0 Å². The number of carbonyl (C=O) groups is 1. The van der Waals surface area contributed by atoms with Crippen LogP contribution >= 0.6 is 11.3 Å². The lowest BCUT2D eigenvalue weighted by Gasteiger charge is -2.19.